The summed E-state index contributed by atoms with van der Waals surface area (Å²) in [6.07, 6.45) is 1.62. The van der Waals surface area contributed by atoms with E-state index < -0.39 is 0 Å². The molecule has 0 aromatic heterocycles. The number of guanidine groups is 1. The molecule has 0 atom stereocenters. The molecule has 3 N–H and O–H groups in total. The highest BCUT2D eigenvalue weighted by molar-refractivity contribution is 14.0. The SMILES string of the molecule is CN=C(NCCc1ccc2c(c1)OCO2)NCC(=O)NCCc1ccccc1.I. The minimum Gasteiger partial charge on any atom is -0.454 e. The number of hydrogen-bond acceptors (Lipinski definition) is 4. The van der Waals surface area contributed by atoms with Crippen molar-refractivity contribution < 1.29 is 14.3 Å². The summed E-state index contributed by atoms with van der Waals surface area (Å²) in [5.41, 5.74) is 2.35. The van der Waals surface area contributed by atoms with E-state index in [1.807, 2.05) is 36.4 Å². The number of ether oxygens (including phenoxy) is 2. The molecule has 0 fully saturated rings. The lowest BCUT2D eigenvalue weighted by Crippen LogP contribution is -2.44. The molecule has 0 radical (unpaired) electrons. The van der Waals surface area contributed by atoms with Crippen LogP contribution in [-0.4, -0.2) is 45.3 Å². The van der Waals surface area contributed by atoms with Gasteiger partial charge in [-0.3, -0.25) is 9.79 Å². The van der Waals surface area contributed by atoms with Crippen molar-refractivity contribution in [1.82, 2.24) is 16.0 Å². The molecule has 3 rings (SSSR count). The van der Waals surface area contributed by atoms with Gasteiger partial charge in [0.2, 0.25) is 12.7 Å². The molecule has 1 aliphatic rings. The highest BCUT2D eigenvalue weighted by Gasteiger charge is 2.13. The Hall–Kier alpha value is -2.49. The molecule has 0 aliphatic carbocycles. The van der Waals surface area contributed by atoms with Crippen molar-refractivity contribution in [2.24, 2.45) is 4.99 Å². The molecule has 1 aliphatic heterocycles. The first-order valence-corrected chi connectivity index (χ1v) is 9.38. The van der Waals surface area contributed by atoms with Crippen LogP contribution in [0.15, 0.2) is 53.5 Å². The van der Waals surface area contributed by atoms with Gasteiger partial charge in [0.25, 0.3) is 0 Å². The Bertz CT molecular complexity index is 815. The van der Waals surface area contributed by atoms with E-state index in [0.717, 1.165) is 29.9 Å². The number of aliphatic imine (C=N–C) groups is 1. The van der Waals surface area contributed by atoms with Crippen molar-refractivity contribution in [2.75, 3.05) is 33.5 Å². The van der Waals surface area contributed by atoms with Gasteiger partial charge in [0.1, 0.15) is 0 Å². The number of halogens is 1. The molecule has 0 saturated carbocycles. The lowest BCUT2D eigenvalue weighted by molar-refractivity contribution is -0.119. The topological polar surface area (TPSA) is 84.0 Å². The fraction of sp³-hybridized carbons (Fsp3) is 0.333. The van der Waals surface area contributed by atoms with Crippen molar-refractivity contribution in [3.63, 3.8) is 0 Å². The van der Waals surface area contributed by atoms with E-state index in [9.17, 15) is 4.79 Å². The van der Waals surface area contributed by atoms with Crippen LogP contribution in [0, 0.1) is 0 Å². The summed E-state index contributed by atoms with van der Waals surface area (Å²) in [5.74, 6) is 2.10. The summed E-state index contributed by atoms with van der Waals surface area (Å²) >= 11 is 0. The second kappa shape index (κ2) is 12.2. The Labute approximate surface area is 188 Å². The number of rotatable bonds is 8. The summed E-state index contributed by atoms with van der Waals surface area (Å²) in [5, 5.41) is 9.14. The highest BCUT2D eigenvalue weighted by atomic mass is 127. The zero-order valence-electron chi connectivity index (χ0n) is 16.4. The number of amides is 1. The van der Waals surface area contributed by atoms with E-state index in [4.69, 9.17) is 9.47 Å². The number of benzene rings is 2. The van der Waals surface area contributed by atoms with Crippen molar-refractivity contribution in [3.05, 3.63) is 59.7 Å². The van der Waals surface area contributed by atoms with Crippen LogP contribution in [0.5, 0.6) is 11.5 Å². The number of carbonyl (C=O) groups excluding carboxylic acids is 1. The van der Waals surface area contributed by atoms with Crippen LogP contribution in [0.4, 0.5) is 0 Å². The van der Waals surface area contributed by atoms with Gasteiger partial charge in [-0.25, -0.2) is 0 Å². The third-order valence-electron chi connectivity index (χ3n) is 4.36. The maximum atomic E-state index is 12.0. The lowest BCUT2D eigenvalue weighted by Gasteiger charge is -2.12. The molecule has 29 heavy (non-hydrogen) atoms. The molecule has 0 saturated heterocycles. The molecular formula is C21H27IN4O3. The molecular weight excluding hydrogens is 483 g/mol. The first kappa shape index (κ1) is 22.8. The Morgan fingerprint density at radius 3 is 2.45 bits per heavy atom. The third-order valence-corrected chi connectivity index (χ3v) is 4.36. The standard InChI is InChI=1S/C21H26N4O3.HI/c1-22-21(24-12-10-17-7-8-18-19(13-17)28-15-27-18)25-14-20(26)23-11-9-16-5-3-2-4-6-16;/h2-8,13H,9-12,14-15H2,1H3,(H,23,26)(H2,22,24,25);1H. The van der Waals surface area contributed by atoms with Gasteiger partial charge < -0.3 is 25.4 Å². The molecule has 156 valence electrons. The van der Waals surface area contributed by atoms with Crippen LogP contribution in [-0.2, 0) is 17.6 Å². The first-order valence-electron chi connectivity index (χ1n) is 9.38. The maximum Gasteiger partial charge on any atom is 0.239 e. The number of nitrogens with one attached hydrogen (secondary N) is 3. The summed E-state index contributed by atoms with van der Waals surface area (Å²) in [6, 6.07) is 16.0. The summed E-state index contributed by atoms with van der Waals surface area (Å²) < 4.78 is 10.7. The van der Waals surface area contributed by atoms with Crippen molar-refractivity contribution >= 4 is 35.8 Å². The predicted octanol–water partition coefficient (Wildman–Crippen LogP) is 2.10. The van der Waals surface area contributed by atoms with Crippen molar-refractivity contribution in [2.45, 2.75) is 12.8 Å². The maximum absolute atomic E-state index is 12.0. The summed E-state index contributed by atoms with van der Waals surface area (Å²) in [7, 11) is 1.68. The fourth-order valence-electron chi connectivity index (χ4n) is 2.86. The predicted molar refractivity (Wildman–Crippen MR) is 124 cm³/mol. The average molecular weight is 510 g/mol. The Morgan fingerprint density at radius 1 is 0.931 bits per heavy atom. The van der Waals surface area contributed by atoms with Gasteiger partial charge in [-0.2, -0.15) is 0 Å². The van der Waals surface area contributed by atoms with E-state index in [-0.39, 0.29) is 43.2 Å². The Balaban J connectivity index is 0.00000300. The number of nitrogens with zero attached hydrogens (tertiary/aromatic N) is 1. The van der Waals surface area contributed by atoms with Crippen LogP contribution in [0.1, 0.15) is 11.1 Å². The van der Waals surface area contributed by atoms with E-state index >= 15 is 0 Å². The average Bonchev–Trinajstić information content (AvgIpc) is 3.19. The molecule has 0 bridgehead atoms. The van der Waals surface area contributed by atoms with Gasteiger partial charge >= 0.3 is 0 Å². The number of hydrogen-bond donors (Lipinski definition) is 3. The molecule has 2 aromatic rings. The van der Waals surface area contributed by atoms with Crippen LogP contribution in [0.3, 0.4) is 0 Å². The quantitative estimate of drug-likeness (QED) is 0.288. The number of fused-ring (bicyclic) bond motifs is 1. The zero-order chi connectivity index (χ0) is 19.6. The van der Waals surface area contributed by atoms with E-state index in [2.05, 4.69) is 33.1 Å². The largest absolute Gasteiger partial charge is 0.454 e. The van der Waals surface area contributed by atoms with Gasteiger partial charge in [0.05, 0.1) is 6.54 Å². The molecule has 0 spiro atoms. The minimum absolute atomic E-state index is 0. The Kier molecular flexibility index (Phi) is 9.55. The second-order valence-electron chi connectivity index (χ2n) is 6.38. The van der Waals surface area contributed by atoms with E-state index in [1.54, 1.807) is 7.05 Å². The minimum atomic E-state index is -0.0605. The van der Waals surface area contributed by atoms with E-state index in [0.29, 0.717) is 19.0 Å². The third kappa shape index (κ3) is 7.45. The van der Waals surface area contributed by atoms with Gasteiger partial charge in [-0.05, 0) is 36.1 Å². The van der Waals surface area contributed by atoms with Crippen LogP contribution in [0.2, 0.25) is 0 Å². The highest BCUT2D eigenvalue weighted by Crippen LogP contribution is 2.32. The molecule has 1 heterocycles. The van der Waals surface area contributed by atoms with Gasteiger partial charge in [-0.15, -0.1) is 24.0 Å². The summed E-state index contributed by atoms with van der Waals surface area (Å²) in [6.45, 7) is 1.76. The normalized spacial score (nSPS) is 12.1. The second-order valence-corrected chi connectivity index (χ2v) is 6.38. The van der Waals surface area contributed by atoms with Gasteiger partial charge in [-0.1, -0.05) is 36.4 Å². The lowest BCUT2D eigenvalue weighted by atomic mass is 10.1. The molecule has 8 heteroatoms. The van der Waals surface area contributed by atoms with Gasteiger partial charge in [0.15, 0.2) is 17.5 Å². The fourth-order valence-corrected chi connectivity index (χ4v) is 2.86. The van der Waals surface area contributed by atoms with Crippen LogP contribution in [0.25, 0.3) is 0 Å². The van der Waals surface area contributed by atoms with Crippen LogP contribution < -0.4 is 25.4 Å². The van der Waals surface area contributed by atoms with E-state index in [1.165, 1.54) is 5.56 Å². The first-order chi connectivity index (χ1) is 13.7. The van der Waals surface area contributed by atoms with Crippen molar-refractivity contribution in [3.8, 4) is 11.5 Å². The zero-order valence-corrected chi connectivity index (χ0v) is 18.8. The number of carbonyl (C=O) groups is 1. The van der Waals surface area contributed by atoms with Crippen LogP contribution >= 0.6 is 24.0 Å². The smallest absolute Gasteiger partial charge is 0.239 e. The monoisotopic (exact) mass is 510 g/mol. The Morgan fingerprint density at radius 2 is 1.66 bits per heavy atom. The summed E-state index contributed by atoms with van der Waals surface area (Å²) in [4.78, 5) is 16.1. The molecule has 2 aromatic carbocycles. The van der Waals surface area contributed by atoms with Crippen molar-refractivity contribution in [1.29, 1.82) is 0 Å². The van der Waals surface area contributed by atoms with Gasteiger partial charge in [0, 0.05) is 20.1 Å². The molecule has 1 amide bonds. The molecule has 7 nitrogen and oxygen atoms in total. The molecule has 0 unspecified atom stereocenters.